The molecule has 1 aromatic carbocycles. The molecule has 0 amide bonds. The molecule has 0 spiro atoms. The number of hydrogen-bond donors (Lipinski definition) is 3. The van der Waals surface area contributed by atoms with E-state index in [-0.39, 0.29) is 11.5 Å². The molecule has 2 rings (SSSR count). The van der Waals surface area contributed by atoms with E-state index >= 15 is 0 Å². The standard InChI is InChI=1S/C13H25N5.C6H6FN/c1-9(2)6-15-13-16-7-11(14)12(17-13)18(5)8-10(3)4;7-5-3-1-2-4-6(5)8/h7,9-10H,6,8,14H2,1-5H3,(H,15,16,17);1-4H,8H2. The monoisotopic (exact) mass is 362 g/mol. The largest absolute Gasteiger partial charge is 0.396 e. The lowest BCUT2D eigenvalue weighted by molar-refractivity contribution is 0.632. The molecule has 1 aromatic heterocycles. The van der Waals surface area contributed by atoms with Gasteiger partial charge in [0.1, 0.15) is 5.82 Å². The Hall–Kier alpha value is -2.57. The van der Waals surface area contributed by atoms with Crippen LogP contribution in [0.15, 0.2) is 30.5 Å². The fraction of sp³-hybridized carbons (Fsp3) is 0.474. The Morgan fingerprint density at radius 3 is 2.23 bits per heavy atom. The summed E-state index contributed by atoms with van der Waals surface area (Å²) in [4.78, 5) is 10.7. The third kappa shape index (κ3) is 7.55. The minimum absolute atomic E-state index is 0.201. The Kier molecular flexibility index (Phi) is 8.61. The van der Waals surface area contributed by atoms with Crippen molar-refractivity contribution >= 4 is 23.1 Å². The van der Waals surface area contributed by atoms with Crippen LogP contribution in [-0.4, -0.2) is 30.1 Å². The van der Waals surface area contributed by atoms with Gasteiger partial charge in [0.25, 0.3) is 0 Å². The first kappa shape index (κ1) is 21.5. The van der Waals surface area contributed by atoms with Crippen LogP contribution in [0.1, 0.15) is 27.7 Å². The summed E-state index contributed by atoms with van der Waals surface area (Å²) in [5, 5.41) is 3.22. The van der Waals surface area contributed by atoms with Crippen molar-refractivity contribution in [1.29, 1.82) is 0 Å². The van der Waals surface area contributed by atoms with E-state index in [4.69, 9.17) is 11.5 Å². The van der Waals surface area contributed by atoms with E-state index in [9.17, 15) is 4.39 Å². The van der Waals surface area contributed by atoms with Crippen LogP contribution < -0.4 is 21.7 Å². The predicted molar refractivity (Wildman–Crippen MR) is 109 cm³/mol. The normalized spacial score (nSPS) is 10.5. The Morgan fingerprint density at radius 1 is 1.08 bits per heavy atom. The number of nitrogens with zero attached hydrogens (tertiary/aromatic N) is 3. The maximum atomic E-state index is 12.2. The zero-order chi connectivity index (χ0) is 19.7. The van der Waals surface area contributed by atoms with Gasteiger partial charge in [-0.05, 0) is 24.0 Å². The molecule has 0 atom stereocenters. The summed E-state index contributed by atoms with van der Waals surface area (Å²) >= 11 is 0. The molecule has 144 valence electrons. The van der Waals surface area contributed by atoms with E-state index < -0.39 is 0 Å². The van der Waals surface area contributed by atoms with Crippen LogP contribution in [0, 0.1) is 17.7 Å². The Bertz CT molecular complexity index is 654. The summed E-state index contributed by atoms with van der Waals surface area (Å²) in [5.74, 6) is 2.21. The van der Waals surface area contributed by atoms with Crippen LogP contribution in [0.5, 0.6) is 0 Å². The van der Waals surface area contributed by atoms with Gasteiger partial charge in [0.2, 0.25) is 5.95 Å². The van der Waals surface area contributed by atoms with E-state index in [1.165, 1.54) is 12.1 Å². The van der Waals surface area contributed by atoms with Crippen molar-refractivity contribution < 1.29 is 4.39 Å². The molecule has 0 aliphatic heterocycles. The highest BCUT2D eigenvalue weighted by atomic mass is 19.1. The van der Waals surface area contributed by atoms with Crippen molar-refractivity contribution in [3.8, 4) is 0 Å². The second-order valence-electron chi connectivity index (χ2n) is 7.04. The number of aromatic nitrogens is 2. The van der Waals surface area contributed by atoms with Crippen LogP contribution in [0.3, 0.4) is 0 Å². The second-order valence-corrected chi connectivity index (χ2v) is 7.04. The van der Waals surface area contributed by atoms with Gasteiger partial charge in [-0.15, -0.1) is 0 Å². The molecule has 26 heavy (non-hydrogen) atoms. The minimum atomic E-state index is -0.354. The van der Waals surface area contributed by atoms with E-state index in [1.54, 1.807) is 18.3 Å². The lowest BCUT2D eigenvalue weighted by Gasteiger charge is -2.22. The molecule has 5 N–H and O–H groups in total. The topological polar surface area (TPSA) is 93.1 Å². The van der Waals surface area contributed by atoms with Gasteiger partial charge in [-0.25, -0.2) is 9.37 Å². The smallest absolute Gasteiger partial charge is 0.224 e. The number of anilines is 4. The summed E-state index contributed by atoms with van der Waals surface area (Å²) in [6, 6.07) is 6.15. The van der Waals surface area contributed by atoms with E-state index in [1.807, 2.05) is 7.05 Å². The zero-order valence-corrected chi connectivity index (χ0v) is 16.3. The summed E-state index contributed by atoms with van der Waals surface area (Å²) in [6.07, 6.45) is 1.67. The molecular formula is C19H31FN6. The lowest BCUT2D eigenvalue weighted by Crippen LogP contribution is -2.25. The average Bonchev–Trinajstić information content (AvgIpc) is 2.56. The number of benzene rings is 1. The first-order chi connectivity index (χ1) is 12.2. The van der Waals surface area contributed by atoms with Crippen molar-refractivity contribution in [3.63, 3.8) is 0 Å². The number of halogens is 1. The van der Waals surface area contributed by atoms with Crippen LogP contribution in [0.2, 0.25) is 0 Å². The third-order valence-electron chi connectivity index (χ3n) is 3.37. The predicted octanol–water partition coefficient (Wildman–Crippen LogP) is 3.63. The summed E-state index contributed by atoms with van der Waals surface area (Å²) < 4.78 is 12.2. The van der Waals surface area contributed by atoms with Gasteiger partial charge < -0.3 is 21.7 Å². The number of nitrogens with one attached hydrogen (secondary N) is 1. The lowest BCUT2D eigenvalue weighted by atomic mass is 10.2. The maximum Gasteiger partial charge on any atom is 0.224 e. The molecule has 0 unspecified atom stereocenters. The van der Waals surface area contributed by atoms with E-state index in [0.29, 0.717) is 23.5 Å². The van der Waals surface area contributed by atoms with Gasteiger partial charge in [-0.1, -0.05) is 39.8 Å². The first-order valence-corrected chi connectivity index (χ1v) is 8.78. The van der Waals surface area contributed by atoms with Crippen LogP contribution in [0.4, 0.5) is 27.5 Å². The average molecular weight is 362 g/mol. The molecule has 0 saturated heterocycles. The third-order valence-corrected chi connectivity index (χ3v) is 3.37. The fourth-order valence-electron chi connectivity index (χ4n) is 2.18. The molecule has 0 radical (unpaired) electrons. The number of nitrogen functional groups attached to an aromatic ring is 2. The van der Waals surface area contributed by atoms with Gasteiger partial charge in [-0.3, -0.25) is 0 Å². The van der Waals surface area contributed by atoms with Crippen molar-refractivity contribution in [2.45, 2.75) is 27.7 Å². The Labute approximate surface area is 155 Å². The number of hydrogen-bond acceptors (Lipinski definition) is 6. The molecule has 0 saturated carbocycles. The van der Waals surface area contributed by atoms with Crippen molar-refractivity contribution in [2.75, 3.05) is 41.8 Å². The van der Waals surface area contributed by atoms with Gasteiger partial charge >= 0.3 is 0 Å². The second kappa shape index (κ2) is 10.4. The highest BCUT2D eigenvalue weighted by Gasteiger charge is 2.10. The quantitative estimate of drug-likeness (QED) is 0.680. The zero-order valence-electron chi connectivity index (χ0n) is 16.3. The van der Waals surface area contributed by atoms with E-state index in [0.717, 1.165) is 18.9 Å². The fourth-order valence-corrected chi connectivity index (χ4v) is 2.18. The minimum Gasteiger partial charge on any atom is -0.396 e. The van der Waals surface area contributed by atoms with Crippen LogP contribution >= 0.6 is 0 Å². The van der Waals surface area contributed by atoms with Gasteiger partial charge in [0.15, 0.2) is 5.82 Å². The van der Waals surface area contributed by atoms with Gasteiger partial charge in [-0.2, -0.15) is 4.98 Å². The number of nitrogens with two attached hydrogens (primary N) is 2. The van der Waals surface area contributed by atoms with Crippen molar-refractivity contribution in [2.24, 2.45) is 11.8 Å². The molecule has 0 aliphatic carbocycles. The molecular weight excluding hydrogens is 331 g/mol. The number of rotatable bonds is 6. The van der Waals surface area contributed by atoms with Crippen molar-refractivity contribution in [3.05, 3.63) is 36.3 Å². The SMILES string of the molecule is CC(C)CNc1ncc(N)c(N(C)CC(C)C)n1.Nc1ccccc1F. The highest BCUT2D eigenvalue weighted by Crippen LogP contribution is 2.20. The molecule has 0 aliphatic rings. The Morgan fingerprint density at radius 2 is 1.73 bits per heavy atom. The molecule has 7 heteroatoms. The number of para-hydroxylation sites is 1. The van der Waals surface area contributed by atoms with Gasteiger partial charge in [0, 0.05) is 20.1 Å². The Balaban J connectivity index is 0.000000350. The van der Waals surface area contributed by atoms with Gasteiger partial charge in [0.05, 0.1) is 17.6 Å². The summed E-state index contributed by atoms with van der Waals surface area (Å²) in [6.45, 7) is 10.4. The van der Waals surface area contributed by atoms with Crippen LogP contribution in [0.25, 0.3) is 0 Å². The highest BCUT2D eigenvalue weighted by molar-refractivity contribution is 5.62. The first-order valence-electron chi connectivity index (χ1n) is 8.78. The summed E-state index contributed by atoms with van der Waals surface area (Å²) in [5.41, 5.74) is 11.9. The molecule has 2 aromatic rings. The van der Waals surface area contributed by atoms with E-state index in [2.05, 4.69) is 47.9 Å². The molecule has 6 nitrogen and oxygen atoms in total. The molecule has 0 bridgehead atoms. The summed E-state index contributed by atoms with van der Waals surface area (Å²) in [7, 11) is 2.00. The van der Waals surface area contributed by atoms with Crippen LogP contribution in [-0.2, 0) is 0 Å². The molecule has 1 heterocycles. The van der Waals surface area contributed by atoms with Crippen molar-refractivity contribution in [1.82, 2.24) is 9.97 Å². The molecule has 0 fully saturated rings. The maximum absolute atomic E-state index is 12.2.